The van der Waals surface area contributed by atoms with Gasteiger partial charge in [-0.25, -0.2) is 0 Å². The Hall–Kier alpha value is -1.47. The third-order valence-corrected chi connectivity index (χ3v) is 4.88. The van der Waals surface area contributed by atoms with Crippen LogP contribution >= 0.6 is 0 Å². The van der Waals surface area contributed by atoms with Crippen molar-refractivity contribution in [1.82, 2.24) is 10.2 Å². The third-order valence-electron chi connectivity index (χ3n) is 4.88. The highest BCUT2D eigenvalue weighted by molar-refractivity contribution is 5.78. The molecule has 0 bridgehead atoms. The number of aliphatic hydroxyl groups excluding tert-OH is 2. The van der Waals surface area contributed by atoms with Crippen LogP contribution in [-0.2, 0) is 22.6 Å². The number of amides is 1. The maximum atomic E-state index is 12.3. The largest absolute Gasteiger partial charge is 0.396 e. The predicted molar refractivity (Wildman–Crippen MR) is 89.4 cm³/mol. The molecule has 0 saturated carbocycles. The number of fused-ring (bicyclic) bond motifs is 1. The SMILES string of the molecule is O=C(Cc1ccc(CO)cc1)N[C@H]1C[C@H]2CO[C@@H](CCO)CN2C1. The van der Waals surface area contributed by atoms with Crippen LogP contribution in [0, 0.1) is 0 Å². The molecule has 2 heterocycles. The van der Waals surface area contributed by atoms with Crippen molar-refractivity contribution in [3.63, 3.8) is 0 Å². The van der Waals surface area contributed by atoms with Crippen LogP contribution in [0.25, 0.3) is 0 Å². The second-order valence-corrected chi connectivity index (χ2v) is 6.73. The van der Waals surface area contributed by atoms with E-state index in [-0.39, 0.29) is 31.3 Å². The number of nitrogens with one attached hydrogen (secondary N) is 1. The molecule has 3 atom stereocenters. The zero-order valence-electron chi connectivity index (χ0n) is 13.9. The number of ether oxygens (including phenoxy) is 1. The van der Waals surface area contributed by atoms with Gasteiger partial charge in [0.15, 0.2) is 0 Å². The summed E-state index contributed by atoms with van der Waals surface area (Å²) < 4.78 is 5.77. The standard InChI is InChI=1S/C18H26N2O4/c21-6-5-17-10-20-9-15(8-16(20)12-24-17)19-18(23)7-13-1-3-14(11-22)4-2-13/h1-4,15-17,21-22H,5-12H2,(H,19,23)/t15-,16-,17-/m0/s1. The van der Waals surface area contributed by atoms with Crippen LogP contribution < -0.4 is 5.32 Å². The Kier molecular flexibility index (Phi) is 5.84. The molecule has 2 fully saturated rings. The van der Waals surface area contributed by atoms with E-state index >= 15 is 0 Å². The molecule has 0 unspecified atom stereocenters. The quantitative estimate of drug-likeness (QED) is 0.685. The Morgan fingerprint density at radius 1 is 1.21 bits per heavy atom. The molecule has 24 heavy (non-hydrogen) atoms. The first-order chi connectivity index (χ1) is 11.7. The van der Waals surface area contributed by atoms with Gasteiger partial charge in [-0.05, 0) is 24.0 Å². The Morgan fingerprint density at radius 3 is 2.67 bits per heavy atom. The first-order valence-electron chi connectivity index (χ1n) is 8.62. The summed E-state index contributed by atoms with van der Waals surface area (Å²) in [7, 11) is 0. The normalized spacial score (nSPS) is 27.0. The van der Waals surface area contributed by atoms with Gasteiger partial charge in [0, 0.05) is 31.8 Å². The van der Waals surface area contributed by atoms with Crippen molar-refractivity contribution in [3.8, 4) is 0 Å². The minimum atomic E-state index is 0.0190. The maximum Gasteiger partial charge on any atom is 0.224 e. The number of morpholine rings is 1. The fraction of sp³-hybridized carbons (Fsp3) is 0.611. The molecule has 6 nitrogen and oxygen atoms in total. The van der Waals surface area contributed by atoms with Crippen LogP contribution in [0.5, 0.6) is 0 Å². The van der Waals surface area contributed by atoms with E-state index in [9.17, 15) is 4.79 Å². The second kappa shape index (κ2) is 8.07. The van der Waals surface area contributed by atoms with Gasteiger partial charge < -0.3 is 20.3 Å². The van der Waals surface area contributed by atoms with E-state index in [4.69, 9.17) is 14.9 Å². The van der Waals surface area contributed by atoms with Gasteiger partial charge in [0.25, 0.3) is 0 Å². The van der Waals surface area contributed by atoms with E-state index < -0.39 is 0 Å². The summed E-state index contributed by atoms with van der Waals surface area (Å²) in [5.74, 6) is 0.0319. The number of benzene rings is 1. The van der Waals surface area contributed by atoms with Gasteiger partial charge in [-0.1, -0.05) is 24.3 Å². The second-order valence-electron chi connectivity index (χ2n) is 6.73. The highest BCUT2D eigenvalue weighted by Gasteiger charge is 2.37. The highest BCUT2D eigenvalue weighted by Crippen LogP contribution is 2.24. The lowest BCUT2D eigenvalue weighted by molar-refractivity contribution is -0.121. The molecule has 6 heteroatoms. The summed E-state index contributed by atoms with van der Waals surface area (Å²) >= 11 is 0. The molecular formula is C18H26N2O4. The molecule has 0 spiro atoms. The predicted octanol–water partition coefficient (Wildman–Crippen LogP) is 0.0617. The molecule has 132 valence electrons. The highest BCUT2D eigenvalue weighted by atomic mass is 16.5. The molecule has 2 saturated heterocycles. The summed E-state index contributed by atoms with van der Waals surface area (Å²) in [6.45, 7) is 2.54. The molecule has 0 aliphatic carbocycles. The van der Waals surface area contributed by atoms with E-state index in [1.165, 1.54) is 0 Å². The molecule has 2 aliphatic rings. The van der Waals surface area contributed by atoms with Crippen molar-refractivity contribution in [2.45, 2.75) is 44.1 Å². The topological polar surface area (TPSA) is 82.0 Å². The smallest absolute Gasteiger partial charge is 0.224 e. The minimum absolute atomic E-state index is 0.0190. The fourth-order valence-corrected chi connectivity index (χ4v) is 3.59. The Balaban J connectivity index is 1.47. The summed E-state index contributed by atoms with van der Waals surface area (Å²) in [5, 5.41) is 21.2. The summed E-state index contributed by atoms with van der Waals surface area (Å²) in [6, 6.07) is 7.99. The molecule has 1 amide bonds. The summed E-state index contributed by atoms with van der Waals surface area (Å²) in [4.78, 5) is 14.6. The zero-order chi connectivity index (χ0) is 16.9. The maximum absolute atomic E-state index is 12.3. The van der Waals surface area contributed by atoms with Crippen molar-refractivity contribution in [3.05, 3.63) is 35.4 Å². The van der Waals surface area contributed by atoms with E-state index in [1.54, 1.807) is 0 Å². The number of carbonyl (C=O) groups excluding carboxylic acids is 1. The minimum Gasteiger partial charge on any atom is -0.396 e. The monoisotopic (exact) mass is 334 g/mol. The average Bonchev–Trinajstić information content (AvgIpc) is 2.97. The van der Waals surface area contributed by atoms with E-state index in [2.05, 4.69) is 10.2 Å². The van der Waals surface area contributed by atoms with Crippen molar-refractivity contribution in [1.29, 1.82) is 0 Å². The first kappa shape index (κ1) is 17.4. The third kappa shape index (κ3) is 4.33. The van der Waals surface area contributed by atoms with Crippen molar-refractivity contribution in [2.24, 2.45) is 0 Å². The average molecular weight is 334 g/mol. The van der Waals surface area contributed by atoms with Crippen LogP contribution in [0.4, 0.5) is 0 Å². The number of nitrogens with zero attached hydrogens (tertiary/aromatic N) is 1. The lowest BCUT2D eigenvalue weighted by Gasteiger charge is -2.34. The molecule has 0 radical (unpaired) electrons. The van der Waals surface area contributed by atoms with Crippen LogP contribution in [0.15, 0.2) is 24.3 Å². The van der Waals surface area contributed by atoms with E-state index in [0.717, 1.165) is 30.6 Å². The lowest BCUT2D eigenvalue weighted by atomic mass is 10.1. The fourth-order valence-electron chi connectivity index (χ4n) is 3.59. The Labute approximate surface area is 142 Å². The number of aliphatic hydroxyl groups is 2. The van der Waals surface area contributed by atoms with Crippen LogP contribution in [0.1, 0.15) is 24.0 Å². The van der Waals surface area contributed by atoms with Gasteiger partial charge in [0.1, 0.15) is 0 Å². The molecule has 3 rings (SSSR count). The van der Waals surface area contributed by atoms with Gasteiger partial charge in [0.2, 0.25) is 5.91 Å². The van der Waals surface area contributed by atoms with Gasteiger partial charge in [0.05, 0.1) is 25.7 Å². The van der Waals surface area contributed by atoms with Crippen molar-refractivity contribution >= 4 is 5.91 Å². The molecular weight excluding hydrogens is 308 g/mol. The molecule has 1 aromatic carbocycles. The lowest BCUT2D eigenvalue weighted by Crippen LogP contribution is -2.46. The zero-order valence-corrected chi connectivity index (χ0v) is 13.9. The molecule has 1 aromatic rings. The van der Waals surface area contributed by atoms with Crippen LogP contribution in [0.3, 0.4) is 0 Å². The van der Waals surface area contributed by atoms with Crippen molar-refractivity contribution < 1.29 is 19.7 Å². The van der Waals surface area contributed by atoms with Gasteiger partial charge >= 0.3 is 0 Å². The summed E-state index contributed by atoms with van der Waals surface area (Å²) in [5.41, 5.74) is 1.80. The van der Waals surface area contributed by atoms with Crippen LogP contribution in [0.2, 0.25) is 0 Å². The van der Waals surface area contributed by atoms with Crippen molar-refractivity contribution in [2.75, 3.05) is 26.3 Å². The van der Waals surface area contributed by atoms with Gasteiger partial charge in [-0.2, -0.15) is 0 Å². The first-order valence-corrected chi connectivity index (χ1v) is 8.62. The Bertz CT molecular complexity index is 548. The number of hydrogen-bond acceptors (Lipinski definition) is 5. The summed E-state index contributed by atoms with van der Waals surface area (Å²) in [6.07, 6.45) is 2.05. The number of rotatable bonds is 6. The number of carbonyl (C=O) groups is 1. The van der Waals surface area contributed by atoms with Gasteiger partial charge in [-0.3, -0.25) is 9.69 Å². The van der Waals surface area contributed by atoms with E-state index in [1.807, 2.05) is 24.3 Å². The molecule has 2 aliphatic heterocycles. The van der Waals surface area contributed by atoms with E-state index in [0.29, 0.717) is 25.5 Å². The van der Waals surface area contributed by atoms with Gasteiger partial charge in [-0.15, -0.1) is 0 Å². The molecule has 3 N–H and O–H groups in total. The van der Waals surface area contributed by atoms with Crippen LogP contribution in [-0.4, -0.2) is 65.5 Å². The Morgan fingerprint density at radius 2 is 1.96 bits per heavy atom. The number of hydrogen-bond donors (Lipinski definition) is 3. The molecule has 0 aromatic heterocycles.